The van der Waals surface area contributed by atoms with Gasteiger partial charge in [-0.1, -0.05) is 0 Å². The van der Waals surface area contributed by atoms with Gasteiger partial charge in [0.25, 0.3) is 0 Å². The van der Waals surface area contributed by atoms with Crippen LogP contribution in [0.15, 0.2) is 18.3 Å². The van der Waals surface area contributed by atoms with Crippen molar-refractivity contribution in [2.45, 2.75) is 57.4 Å². The quantitative estimate of drug-likeness (QED) is 0.720. The Labute approximate surface area is 180 Å². The number of anilines is 1. The lowest BCUT2D eigenvalue weighted by atomic mass is 9.99. The number of halogens is 2. The molecule has 7 nitrogen and oxygen atoms in total. The third-order valence-corrected chi connectivity index (χ3v) is 7.13. The van der Waals surface area contributed by atoms with Crippen molar-refractivity contribution in [2.75, 3.05) is 25.9 Å². The van der Waals surface area contributed by atoms with Crippen molar-refractivity contribution >= 4 is 5.82 Å². The number of fused-ring (bicyclic) bond motifs is 1. The predicted molar refractivity (Wildman–Crippen MR) is 112 cm³/mol. The molecular formula is C22H29F2N5O2. The second-order valence-electron chi connectivity index (χ2n) is 9.27. The Morgan fingerprint density at radius 1 is 1.16 bits per heavy atom. The Kier molecular flexibility index (Phi) is 5.13. The molecule has 168 valence electrons. The molecule has 0 bridgehead atoms. The number of methoxy groups -OCH3 is 1. The minimum absolute atomic E-state index is 0.0583. The Bertz CT molecular complexity index is 947. The largest absolute Gasteiger partial charge is 0.431 e. The van der Waals surface area contributed by atoms with Gasteiger partial charge in [0.05, 0.1) is 11.8 Å². The normalized spacial score (nSPS) is 28.2. The maximum atomic E-state index is 12.7. The number of aromatic nitrogens is 3. The zero-order valence-corrected chi connectivity index (χ0v) is 18.0. The number of hydrogen-bond acceptors (Lipinski definition) is 6. The fourth-order valence-electron chi connectivity index (χ4n) is 5.46. The molecule has 31 heavy (non-hydrogen) atoms. The van der Waals surface area contributed by atoms with Crippen molar-refractivity contribution in [1.29, 1.82) is 0 Å². The summed E-state index contributed by atoms with van der Waals surface area (Å²) in [4.78, 5) is 6.57. The lowest BCUT2D eigenvalue weighted by Gasteiger charge is -2.43. The molecule has 2 aromatic rings. The van der Waals surface area contributed by atoms with Gasteiger partial charge in [0.2, 0.25) is 0 Å². The van der Waals surface area contributed by atoms with Crippen LogP contribution in [0.5, 0.6) is 5.75 Å². The molecule has 4 atom stereocenters. The molecule has 2 aromatic heterocycles. The molecule has 0 radical (unpaired) electrons. The van der Waals surface area contributed by atoms with Gasteiger partial charge in [0, 0.05) is 55.7 Å². The average molecular weight is 434 g/mol. The Hall–Kier alpha value is -2.26. The number of rotatable bonds is 7. The Balaban J connectivity index is 1.34. The fraction of sp³-hybridized carbons (Fsp3) is 0.636. The molecule has 3 heterocycles. The van der Waals surface area contributed by atoms with E-state index in [-0.39, 0.29) is 17.6 Å². The van der Waals surface area contributed by atoms with E-state index in [1.54, 1.807) is 13.3 Å². The molecule has 0 aromatic carbocycles. The van der Waals surface area contributed by atoms with Gasteiger partial charge in [0.1, 0.15) is 0 Å². The maximum Gasteiger partial charge on any atom is 0.387 e. The molecule has 1 saturated heterocycles. The van der Waals surface area contributed by atoms with Crippen LogP contribution in [0.4, 0.5) is 14.6 Å². The van der Waals surface area contributed by atoms with E-state index in [9.17, 15) is 8.78 Å². The number of hydrogen-bond donors (Lipinski definition) is 1. The summed E-state index contributed by atoms with van der Waals surface area (Å²) in [5.41, 5.74) is 8.25. The lowest BCUT2D eigenvalue weighted by molar-refractivity contribution is -0.0516. The molecule has 5 rings (SSSR count). The highest BCUT2D eigenvalue weighted by Crippen LogP contribution is 2.64. The van der Waals surface area contributed by atoms with Gasteiger partial charge in [0.15, 0.2) is 11.6 Å². The van der Waals surface area contributed by atoms with Gasteiger partial charge in [-0.2, -0.15) is 13.9 Å². The van der Waals surface area contributed by atoms with Crippen LogP contribution in [-0.2, 0) is 4.74 Å². The van der Waals surface area contributed by atoms with Crippen LogP contribution in [0, 0.1) is 11.8 Å². The van der Waals surface area contributed by atoms with E-state index < -0.39 is 6.61 Å². The first-order valence-electron chi connectivity index (χ1n) is 10.9. The van der Waals surface area contributed by atoms with Crippen LogP contribution in [0.2, 0.25) is 0 Å². The van der Waals surface area contributed by atoms with Crippen molar-refractivity contribution in [3.63, 3.8) is 0 Å². The topological polar surface area (TPSA) is 78.4 Å². The van der Waals surface area contributed by atoms with Crippen molar-refractivity contribution < 1.29 is 18.3 Å². The number of likely N-dealkylation sites (tertiary alicyclic amines) is 1. The van der Waals surface area contributed by atoms with Crippen LogP contribution in [0.1, 0.15) is 44.3 Å². The van der Waals surface area contributed by atoms with Gasteiger partial charge >= 0.3 is 6.61 Å². The first-order valence-corrected chi connectivity index (χ1v) is 10.9. The molecule has 0 spiro atoms. The SMILES string of the molecule is COC1CN(C2C[C@@H]3C(c4cc(-c5cnc(N)c(OC(F)F)c5)nn4C(C)C)[C@@H]3C2)C1. The summed E-state index contributed by atoms with van der Waals surface area (Å²) in [6.45, 7) is 3.36. The van der Waals surface area contributed by atoms with E-state index in [1.165, 1.54) is 24.6 Å². The van der Waals surface area contributed by atoms with Crippen molar-refractivity contribution in [2.24, 2.45) is 11.8 Å². The highest BCUT2D eigenvalue weighted by Gasteiger charge is 2.59. The zero-order valence-electron chi connectivity index (χ0n) is 18.0. The number of nitrogens with zero attached hydrogens (tertiary/aromatic N) is 4. The van der Waals surface area contributed by atoms with E-state index in [4.69, 9.17) is 15.6 Å². The molecule has 1 aliphatic heterocycles. The Morgan fingerprint density at radius 2 is 1.87 bits per heavy atom. The number of nitrogens with two attached hydrogens (primary N) is 1. The molecular weight excluding hydrogens is 404 g/mol. The average Bonchev–Trinajstić information content (AvgIpc) is 3.05. The highest BCUT2D eigenvalue weighted by atomic mass is 19.3. The molecule has 2 saturated carbocycles. The van der Waals surface area contributed by atoms with E-state index in [0.717, 1.165) is 13.1 Å². The summed E-state index contributed by atoms with van der Waals surface area (Å²) in [5, 5.41) is 4.79. The molecule has 2 aliphatic carbocycles. The van der Waals surface area contributed by atoms with Crippen LogP contribution in [0.25, 0.3) is 11.3 Å². The second-order valence-corrected chi connectivity index (χ2v) is 9.27. The first-order chi connectivity index (χ1) is 14.9. The lowest BCUT2D eigenvalue weighted by Crippen LogP contribution is -2.55. The number of ether oxygens (including phenoxy) is 2. The maximum absolute atomic E-state index is 12.7. The summed E-state index contributed by atoms with van der Waals surface area (Å²) in [6.07, 6.45) is 4.40. The van der Waals surface area contributed by atoms with Gasteiger partial charge in [-0.05, 0) is 50.7 Å². The van der Waals surface area contributed by atoms with Crippen molar-refractivity contribution in [3.05, 3.63) is 24.0 Å². The number of pyridine rings is 1. The third-order valence-electron chi connectivity index (χ3n) is 7.13. The van der Waals surface area contributed by atoms with Crippen molar-refractivity contribution in [1.82, 2.24) is 19.7 Å². The second kappa shape index (κ2) is 7.70. The van der Waals surface area contributed by atoms with Gasteiger partial charge < -0.3 is 15.2 Å². The third kappa shape index (κ3) is 3.67. The molecule has 3 fully saturated rings. The smallest absolute Gasteiger partial charge is 0.387 e. The highest BCUT2D eigenvalue weighted by molar-refractivity contribution is 5.64. The van der Waals surface area contributed by atoms with E-state index in [0.29, 0.717) is 41.2 Å². The van der Waals surface area contributed by atoms with E-state index in [2.05, 4.69) is 39.2 Å². The number of alkyl halides is 2. The summed E-state index contributed by atoms with van der Waals surface area (Å²) in [5.74, 6) is 1.71. The summed E-state index contributed by atoms with van der Waals surface area (Å²) >= 11 is 0. The minimum atomic E-state index is -2.95. The number of nitrogen functional groups attached to an aromatic ring is 1. The zero-order chi connectivity index (χ0) is 21.9. The standard InChI is InChI=1S/C22H29F2N5O2/c1-11(2)29-18(20-15-5-13(6-16(15)20)28-9-14(10-28)30-3)7-17(27-29)12-4-19(31-22(23)24)21(25)26-8-12/h4,7-8,11,13-16,20,22H,5-6,9-10H2,1-3H3,(H2,25,26)/t13?,15-,16+,20?. The predicted octanol–water partition coefficient (Wildman–Crippen LogP) is 3.53. The summed E-state index contributed by atoms with van der Waals surface area (Å²) in [7, 11) is 1.79. The Morgan fingerprint density at radius 3 is 2.48 bits per heavy atom. The van der Waals surface area contributed by atoms with Crippen LogP contribution in [-0.4, -0.2) is 58.6 Å². The van der Waals surface area contributed by atoms with Crippen LogP contribution in [0.3, 0.4) is 0 Å². The summed E-state index contributed by atoms with van der Waals surface area (Å²) < 4.78 is 37.3. The molecule has 0 amide bonds. The fourth-order valence-corrected chi connectivity index (χ4v) is 5.46. The van der Waals surface area contributed by atoms with Crippen LogP contribution < -0.4 is 10.5 Å². The van der Waals surface area contributed by atoms with Crippen LogP contribution >= 0.6 is 0 Å². The van der Waals surface area contributed by atoms with Gasteiger partial charge in [-0.25, -0.2) is 4.98 Å². The van der Waals surface area contributed by atoms with Crippen molar-refractivity contribution in [3.8, 4) is 17.0 Å². The molecule has 9 heteroatoms. The van der Waals surface area contributed by atoms with Gasteiger partial charge in [-0.3, -0.25) is 9.58 Å². The van der Waals surface area contributed by atoms with E-state index >= 15 is 0 Å². The summed E-state index contributed by atoms with van der Waals surface area (Å²) in [6, 6.07) is 4.45. The minimum Gasteiger partial charge on any atom is -0.431 e. The first kappa shape index (κ1) is 20.6. The monoisotopic (exact) mass is 433 g/mol. The van der Waals surface area contributed by atoms with E-state index in [1.807, 2.05) is 0 Å². The molecule has 3 aliphatic rings. The molecule has 2 N–H and O–H groups in total. The van der Waals surface area contributed by atoms with Gasteiger partial charge in [-0.15, -0.1) is 0 Å². The molecule has 2 unspecified atom stereocenters.